The van der Waals surface area contributed by atoms with Crippen LogP contribution in [0.3, 0.4) is 0 Å². The lowest BCUT2D eigenvalue weighted by molar-refractivity contribution is 1.08. The number of aryl methyl sites for hydroxylation is 1. The summed E-state index contributed by atoms with van der Waals surface area (Å²) in [7, 11) is 0. The highest BCUT2D eigenvalue weighted by Crippen LogP contribution is 2.29. The Hall–Kier alpha value is -2.18. The lowest BCUT2D eigenvalue weighted by atomic mass is 10.2. The zero-order chi connectivity index (χ0) is 16.4. The van der Waals surface area contributed by atoms with Crippen molar-refractivity contribution in [2.45, 2.75) is 6.92 Å². The number of nitrogens with two attached hydrogens (primary N) is 1. The predicted molar refractivity (Wildman–Crippen MR) is 96.8 cm³/mol. The Bertz CT molecular complexity index is 852. The van der Waals surface area contributed by atoms with E-state index in [1.165, 1.54) is 5.56 Å². The number of nitrogens with one attached hydrogen (secondary N) is 1. The highest BCUT2D eigenvalue weighted by atomic mass is 79.9. The molecule has 0 amide bonds. The van der Waals surface area contributed by atoms with Crippen LogP contribution in [0.15, 0.2) is 46.9 Å². The summed E-state index contributed by atoms with van der Waals surface area (Å²) in [5.41, 5.74) is 8.53. The van der Waals surface area contributed by atoms with E-state index in [1.54, 1.807) is 6.07 Å². The minimum absolute atomic E-state index is 0.126. The van der Waals surface area contributed by atoms with Crippen molar-refractivity contribution in [1.82, 2.24) is 15.0 Å². The molecule has 0 aliphatic rings. The van der Waals surface area contributed by atoms with Gasteiger partial charge in [0.2, 0.25) is 11.9 Å². The molecule has 0 unspecified atom stereocenters. The fourth-order valence-corrected chi connectivity index (χ4v) is 2.57. The molecule has 0 saturated heterocycles. The number of aromatic nitrogens is 3. The predicted octanol–water partition coefficient (Wildman–Crippen LogP) is 4.59. The Balaban J connectivity index is 1.99. The molecule has 1 aromatic heterocycles. The maximum Gasteiger partial charge on any atom is 0.232 e. The summed E-state index contributed by atoms with van der Waals surface area (Å²) < 4.78 is 0.879. The first-order valence-corrected chi connectivity index (χ1v) is 7.99. The van der Waals surface area contributed by atoms with Crippen molar-refractivity contribution in [2.24, 2.45) is 0 Å². The van der Waals surface area contributed by atoms with Crippen LogP contribution < -0.4 is 11.1 Å². The van der Waals surface area contributed by atoms with Gasteiger partial charge in [0.1, 0.15) is 0 Å². The van der Waals surface area contributed by atoms with E-state index in [9.17, 15) is 0 Å². The molecular formula is C16H13BrClN5. The van der Waals surface area contributed by atoms with Crippen LogP contribution in [-0.4, -0.2) is 15.0 Å². The number of hydrogen-bond donors (Lipinski definition) is 2. The molecule has 3 rings (SSSR count). The molecule has 0 spiro atoms. The number of hydrogen-bond acceptors (Lipinski definition) is 5. The van der Waals surface area contributed by atoms with Crippen LogP contribution in [0.4, 0.5) is 17.6 Å². The second-order valence-corrected chi connectivity index (χ2v) is 6.28. The van der Waals surface area contributed by atoms with Crippen LogP contribution in [-0.2, 0) is 0 Å². The summed E-state index contributed by atoms with van der Waals surface area (Å²) in [6, 6.07) is 13.3. The normalized spacial score (nSPS) is 10.6. The second kappa shape index (κ2) is 6.52. The number of nitrogen functional groups attached to an aromatic ring is 1. The highest BCUT2D eigenvalue weighted by molar-refractivity contribution is 9.10. The summed E-state index contributed by atoms with van der Waals surface area (Å²) in [6.07, 6.45) is 0. The number of rotatable bonds is 3. The molecular weight excluding hydrogens is 378 g/mol. The van der Waals surface area contributed by atoms with Gasteiger partial charge in [-0.05, 0) is 37.3 Å². The smallest absolute Gasteiger partial charge is 0.232 e. The molecule has 0 fully saturated rings. The summed E-state index contributed by atoms with van der Waals surface area (Å²) in [5.74, 6) is 0.909. The monoisotopic (exact) mass is 389 g/mol. The van der Waals surface area contributed by atoms with Crippen LogP contribution in [0.1, 0.15) is 5.56 Å². The minimum Gasteiger partial charge on any atom is -0.368 e. The molecule has 5 nitrogen and oxygen atoms in total. The largest absolute Gasteiger partial charge is 0.368 e. The fourth-order valence-electron chi connectivity index (χ4n) is 2.00. The molecule has 0 bridgehead atoms. The van der Waals surface area contributed by atoms with E-state index in [2.05, 4.69) is 36.2 Å². The van der Waals surface area contributed by atoms with Gasteiger partial charge in [0.15, 0.2) is 5.82 Å². The van der Waals surface area contributed by atoms with Crippen molar-refractivity contribution in [3.8, 4) is 11.4 Å². The zero-order valence-electron chi connectivity index (χ0n) is 12.2. The van der Waals surface area contributed by atoms with Gasteiger partial charge in [0.25, 0.3) is 0 Å². The second-order valence-electron chi connectivity index (χ2n) is 4.96. The Labute approximate surface area is 147 Å². The Morgan fingerprint density at radius 3 is 2.52 bits per heavy atom. The van der Waals surface area contributed by atoms with E-state index < -0.39 is 0 Å². The Morgan fingerprint density at radius 1 is 1.04 bits per heavy atom. The van der Waals surface area contributed by atoms with Gasteiger partial charge in [0, 0.05) is 15.7 Å². The Kier molecular flexibility index (Phi) is 4.45. The van der Waals surface area contributed by atoms with Gasteiger partial charge in [0.05, 0.1) is 5.02 Å². The molecule has 2 aromatic carbocycles. The average molecular weight is 391 g/mol. The van der Waals surface area contributed by atoms with Crippen molar-refractivity contribution in [1.29, 1.82) is 0 Å². The van der Waals surface area contributed by atoms with Gasteiger partial charge in [-0.2, -0.15) is 15.0 Å². The van der Waals surface area contributed by atoms with E-state index >= 15 is 0 Å². The zero-order valence-corrected chi connectivity index (χ0v) is 14.6. The van der Waals surface area contributed by atoms with Crippen molar-refractivity contribution in [3.63, 3.8) is 0 Å². The van der Waals surface area contributed by atoms with Gasteiger partial charge < -0.3 is 11.1 Å². The van der Waals surface area contributed by atoms with E-state index in [0.717, 1.165) is 10.2 Å². The number of nitrogens with zero attached hydrogens (tertiary/aromatic N) is 3. The number of halogens is 2. The molecule has 1 heterocycles. The molecule has 23 heavy (non-hydrogen) atoms. The maximum absolute atomic E-state index is 6.23. The quantitative estimate of drug-likeness (QED) is 0.684. The molecule has 116 valence electrons. The summed E-state index contributed by atoms with van der Waals surface area (Å²) >= 11 is 9.65. The molecule has 0 radical (unpaired) electrons. The molecule has 0 atom stereocenters. The van der Waals surface area contributed by atoms with Crippen molar-refractivity contribution >= 4 is 45.1 Å². The minimum atomic E-state index is 0.126. The lowest BCUT2D eigenvalue weighted by Crippen LogP contribution is -2.05. The topological polar surface area (TPSA) is 76.7 Å². The summed E-state index contributed by atoms with van der Waals surface area (Å²) in [4.78, 5) is 12.7. The average Bonchev–Trinajstić information content (AvgIpc) is 2.51. The first-order valence-electron chi connectivity index (χ1n) is 6.82. The van der Waals surface area contributed by atoms with Crippen molar-refractivity contribution < 1.29 is 0 Å². The molecule has 7 heteroatoms. The number of anilines is 3. The van der Waals surface area contributed by atoms with Crippen LogP contribution in [0.5, 0.6) is 0 Å². The number of benzene rings is 2. The first kappa shape index (κ1) is 15.7. The van der Waals surface area contributed by atoms with Crippen LogP contribution in [0.25, 0.3) is 11.4 Å². The Morgan fingerprint density at radius 2 is 1.78 bits per heavy atom. The summed E-state index contributed by atoms with van der Waals surface area (Å²) in [6.45, 7) is 2.03. The third kappa shape index (κ3) is 3.78. The lowest BCUT2D eigenvalue weighted by Gasteiger charge is -2.09. The van der Waals surface area contributed by atoms with Gasteiger partial charge in [-0.1, -0.05) is 45.2 Å². The van der Waals surface area contributed by atoms with Gasteiger partial charge >= 0.3 is 0 Å². The van der Waals surface area contributed by atoms with Crippen molar-refractivity contribution in [3.05, 3.63) is 57.5 Å². The van der Waals surface area contributed by atoms with Crippen LogP contribution in [0, 0.1) is 6.92 Å². The van der Waals surface area contributed by atoms with E-state index in [1.807, 2.05) is 43.3 Å². The van der Waals surface area contributed by atoms with Gasteiger partial charge in [-0.15, -0.1) is 0 Å². The third-order valence-electron chi connectivity index (χ3n) is 3.13. The SMILES string of the molecule is Cc1ccc(Nc2nc(N)nc(-c3cc(Br)ccc3Cl)n2)cc1. The van der Waals surface area contributed by atoms with E-state index in [4.69, 9.17) is 17.3 Å². The van der Waals surface area contributed by atoms with E-state index in [-0.39, 0.29) is 5.95 Å². The molecule has 0 saturated carbocycles. The maximum atomic E-state index is 6.23. The molecule has 3 aromatic rings. The van der Waals surface area contributed by atoms with Gasteiger partial charge in [-0.3, -0.25) is 0 Å². The van der Waals surface area contributed by atoms with Crippen LogP contribution in [0.2, 0.25) is 5.02 Å². The standard InChI is InChI=1S/C16H13BrClN5/c1-9-2-5-11(6-3-9)20-16-22-14(21-15(19)23-16)12-8-10(17)4-7-13(12)18/h2-8H,1H3,(H3,19,20,21,22,23). The molecule has 0 aliphatic carbocycles. The highest BCUT2D eigenvalue weighted by Gasteiger charge is 2.11. The fraction of sp³-hybridized carbons (Fsp3) is 0.0625. The van der Waals surface area contributed by atoms with Gasteiger partial charge in [-0.25, -0.2) is 0 Å². The summed E-state index contributed by atoms with van der Waals surface area (Å²) in [5, 5.41) is 3.66. The third-order valence-corrected chi connectivity index (χ3v) is 3.95. The van der Waals surface area contributed by atoms with Crippen LogP contribution >= 0.6 is 27.5 Å². The molecule has 3 N–H and O–H groups in total. The van der Waals surface area contributed by atoms with Crippen molar-refractivity contribution in [2.75, 3.05) is 11.1 Å². The molecule has 0 aliphatic heterocycles. The first-order chi connectivity index (χ1) is 11.0. The van der Waals surface area contributed by atoms with E-state index in [0.29, 0.717) is 22.4 Å².